The molecular weight excluding hydrogens is 335 g/mol. The summed E-state index contributed by atoms with van der Waals surface area (Å²) >= 11 is 0. The van der Waals surface area contributed by atoms with Crippen molar-refractivity contribution in [2.75, 3.05) is 13.1 Å². The van der Waals surface area contributed by atoms with Gasteiger partial charge in [-0.25, -0.2) is 4.39 Å². The first-order chi connectivity index (χ1) is 12.5. The first-order valence-electron chi connectivity index (χ1n) is 9.53. The van der Waals surface area contributed by atoms with Crippen molar-refractivity contribution in [2.45, 2.75) is 51.5 Å². The molecule has 3 rings (SSSR count). The number of nitrogens with zero attached hydrogens (tertiary/aromatic N) is 1. The third-order valence-electron chi connectivity index (χ3n) is 5.71. The highest BCUT2D eigenvalue weighted by Gasteiger charge is 2.32. The zero-order valence-electron chi connectivity index (χ0n) is 15.2. The number of phenols is 1. The highest BCUT2D eigenvalue weighted by atomic mass is 19.1. The van der Waals surface area contributed by atoms with Crippen LogP contribution in [0, 0.1) is 17.7 Å². The number of rotatable bonds is 4. The lowest BCUT2D eigenvalue weighted by molar-refractivity contribution is -0.139. The standard InChI is InChI=1S/C20H27FN2O3/c1-13(16-6-7-18(24)17(21)12-16)22-19(25)14-8-10-23(11-9-14)20(26)15-4-2-3-5-15/h6-7,12-15,24H,2-5,8-11H2,1H3,(H,22,25). The van der Waals surface area contributed by atoms with Gasteiger partial charge in [-0.05, 0) is 50.3 Å². The van der Waals surface area contributed by atoms with Crippen LogP contribution in [0.5, 0.6) is 5.75 Å². The van der Waals surface area contributed by atoms with E-state index in [0.717, 1.165) is 25.7 Å². The Morgan fingerprint density at radius 3 is 2.42 bits per heavy atom. The fourth-order valence-electron chi connectivity index (χ4n) is 4.00. The van der Waals surface area contributed by atoms with Crippen molar-refractivity contribution in [1.29, 1.82) is 0 Å². The van der Waals surface area contributed by atoms with Gasteiger partial charge >= 0.3 is 0 Å². The van der Waals surface area contributed by atoms with Gasteiger partial charge in [0.15, 0.2) is 11.6 Å². The van der Waals surface area contributed by atoms with Crippen molar-refractivity contribution in [1.82, 2.24) is 10.2 Å². The number of hydrogen-bond acceptors (Lipinski definition) is 3. The molecule has 1 aliphatic carbocycles. The normalized spacial score (nSPS) is 20.2. The monoisotopic (exact) mass is 362 g/mol. The molecule has 0 aromatic heterocycles. The first-order valence-corrected chi connectivity index (χ1v) is 9.53. The summed E-state index contributed by atoms with van der Waals surface area (Å²) in [6.45, 7) is 3.06. The van der Waals surface area contributed by atoms with E-state index in [0.29, 0.717) is 31.5 Å². The molecular formula is C20H27FN2O3. The van der Waals surface area contributed by atoms with Crippen molar-refractivity contribution in [2.24, 2.45) is 11.8 Å². The molecule has 1 atom stereocenters. The summed E-state index contributed by atoms with van der Waals surface area (Å²) in [6.07, 6.45) is 5.62. The lowest BCUT2D eigenvalue weighted by Crippen LogP contribution is -2.45. The molecule has 1 aromatic carbocycles. The topological polar surface area (TPSA) is 69.6 Å². The maximum atomic E-state index is 13.5. The van der Waals surface area contributed by atoms with Crippen LogP contribution in [-0.4, -0.2) is 34.9 Å². The minimum Gasteiger partial charge on any atom is -0.505 e. The van der Waals surface area contributed by atoms with Crippen molar-refractivity contribution in [3.8, 4) is 5.75 Å². The van der Waals surface area contributed by atoms with Crippen LogP contribution in [0.15, 0.2) is 18.2 Å². The Kier molecular flexibility index (Phi) is 5.79. The Morgan fingerprint density at radius 1 is 1.15 bits per heavy atom. The number of phenolic OH excluding ortho intramolecular Hbond substituents is 1. The van der Waals surface area contributed by atoms with Crippen molar-refractivity contribution >= 4 is 11.8 Å². The highest BCUT2D eigenvalue weighted by Crippen LogP contribution is 2.29. The van der Waals surface area contributed by atoms with E-state index in [9.17, 15) is 19.1 Å². The predicted octanol–water partition coefficient (Wildman–Crippen LogP) is 3.14. The molecule has 1 saturated heterocycles. The molecule has 1 aliphatic heterocycles. The first kappa shape index (κ1) is 18.7. The molecule has 6 heteroatoms. The molecule has 1 unspecified atom stereocenters. The summed E-state index contributed by atoms with van der Waals surface area (Å²) in [6, 6.07) is 3.80. The van der Waals surface area contributed by atoms with Gasteiger partial charge in [-0.2, -0.15) is 0 Å². The number of benzene rings is 1. The smallest absolute Gasteiger partial charge is 0.225 e. The molecule has 0 spiro atoms. The number of nitrogens with one attached hydrogen (secondary N) is 1. The molecule has 142 valence electrons. The lowest BCUT2D eigenvalue weighted by atomic mass is 9.94. The second-order valence-corrected chi connectivity index (χ2v) is 7.52. The molecule has 1 saturated carbocycles. The summed E-state index contributed by atoms with van der Waals surface area (Å²) in [5, 5.41) is 12.2. The highest BCUT2D eigenvalue weighted by molar-refractivity contribution is 5.81. The number of aromatic hydroxyl groups is 1. The van der Waals surface area contributed by atoms with Crippen molar-refractivity contribution in [3.05, 3.63) is 29.6 Å². The molecule has 1 heterocycles. The second kappa shape index (κ2) is 8.06. The summed E-state index contributed by atoms with van der Waals surface area (Å²) in [7, 11) is 0. The zero-order valence-corrected chi connectivity index (χ0v) is 15.2. The van der Waals surface area contributed by atoms with E-state index in [1.807, 2.05) is 4.90 Å². The molecule has 2 amide bonds. The molecule has 1 aromatic rings. The zero-order chi connectivity index (χ0) is 18.7. The van der Waals surface area contributed by atoms with Crippen molar-refractivity contribution in [3.63, 3.8) is 0 Å². The number of carbonyl (C=O) groups excluding carboxylic acids is 2. The minimum atomic E-state index is -0.692. The van der Waals surface area contributed by atoms with E-state index in [1.165, 1.54) is 12.1 Å². The van der Waals surface area contributed by atoms with Crippen molar-refractivity contribution < 1.29 is 19.1 Å². The minimum absolute atomic E-state index is 0.0565. The SMILES string of the molecule is CC(NC(=O)C1CCN(C(=O)C2CCCC2)CC1)c1ccc(O)c(F)c1. The van der Waals surface area contributed by atoms with Gasteiger partial charge in [-0.1, -0.05) is 18.9 Å². The van der Waals surface area contributed by atoms with Gasteiger partial charge < -0.3 is 15.3 Å². The third-order valence-corrected chi connectivity index (χ3v) is 5.71. The van der Waals surface area contributed by atoms with E-state index in [1.54, 1.807) is 13.0 Å². The average molecular weight is 362 g/mol. The molecule has 2 N–H and O–H groups in total. The average Bonchev–Trinajstić information content (AvgIpc) is 3.18. The van der Waals surface area contributed by atoms with Crippen LogP contribution in [0.25, 0.3) is 0 Å². The van der Waals surface area contributed by atoms with Gasteiger partial charge in [0.2, 0.25) is 11.8 Å². The summed E-state index contributed by atoms with van der Waals surface area (Å²) in [4.78, 5) is 26.9. The Hall–Kier alpha value is -2.11. The van der Waals surface area contributed by atoms with Gasteiger partial charge in [0.05, 0.1) is 6.04 Å². The van der Waals surface area contributed by atoms with Crippen LogP contribution < -0.4 is 5.32 Å². The molecule has 2 aliphatic rings. The van der Waals surface area contributed by atoms with Crippen LogP contribution in [0.3, 0.4) is 0 Å². The molecule has 26 heavy (non-hydrogen) atoms. The maximum absolute atomic E-state index is 13.5. The fraction of sp³-hybridized carbons (Fsp3) is 0.600. The number of likely N-dealkylation sites (tertiary alicyclic amines) is 1. The lowest BCUT2D eigenvalue weighted by Gasteiger charge is -2.33. The second-order valence-electron chi connectivity index (χ2n) is 7.52. The number of carbonyl (C=O) groups is 2. The Labute approximate surface area is 153 Å². The quantitative estimate of drug-likeness (QED) is 0.864. The Morgan fingerprint density at radius 2 is 1.81 bits per heavy atom. The van der Waals surface area contributed by atoms with Gasteiger partial charge in [-0.15, -0.1) is 0 Å². The number of piperidine rings is 1. The Balaban J connectivity index is 1.50. The van der Waals surface area contributed by atoms with Gasteiger partial charge in [0.1, 0.15) is 0 Å². The van der Waals surface area contributed by atoms with Gasteiger partial charge in [0.25, 0.3) is 0 Å². The maximum Gasteiger partial charge on any atom is 0.225 e. The van der Waals surface area contributed by atoms with Crippen LogP contribution in [0.1, 0.15) is 57.1 Å². The van der Waals surface area contributed by atoms with E-state index >= 15 is 0 Å². The van der Waals surface area contributed by atoms with Crippen LogP contribution >= 0.6 is 0 Å². The largest absolute Gasteiger partial charge is 0.505 e. The summed E-state index contributed by atoms with van der Waals surface area (Å²) in [5.41, 5.74) is 0.613. The fourth-order valence-corrected chi connectivity index (χ4v) is 4.00. The van der Waals surface area contributed by atoms with Crippen LogP contribution in [0.4, 0.5) is 4.39 Å². The van der Waals surface area contributed by atoms with E-state index in [2.05, 4.69) is 5.32 Å². The summed E-state index contributed by atoms with van der Waals surface area (Å²) in [5.74, 6) is -0.820. The van der Waals surface area contributed by atoms with Crippen LogP contribution in [0.2, 0.25) is 0 Å². The van der Waals surface area contributed by atoms with E-state index in [-0.39, 0.29) is 29.7 Å². The van der Waals surface area contributed by atoms with E-state index < -0.39 is 11.6 Å². The number of halogens is 1. The Bertz CT molecular complexity index is 665. The molecule has 0 bridgehead atoms. The van der Waals surface area contributed by atoms with Gasteiger partial charge in [-0.3, -0.25) is 9.59 Å². The summed E-state index contributed by atoms with van der Waals surface area (Å²) < 4.78 is 13.5. The molecule has 2 fully saturated rings. The molecule has 0 radical (unpaired) electrons. The van der Waals surface area contributed by atoms with Crippen LogP contribution in [-0.2, 0) is 9.59 Å². The third kappa shape index (κ3) is 4.17. The van der Waals surface area contributed by atoms with E-state index in [4.69, 9.17) is 0 Å². The van der Waals surface area contributed by atoms with Gasteiger partial charge in [0, 0.05) is 24.9 Å². The predicted molar refractivity (Wildman–Crippen MR) is 95.9 cm³/mol. The number of hydrogen-bond donors (Lipinski definition) is 2. The number of amides is 2. The molecule has 5 nitrogen and oxygen atoms in total.